The van der Waals surface area contributed by atoms with E-state index >= 15 is 0 Å². The molecule has 1 aliphatic heterocycles. The molecule has 0 spiro atoms. The molecule has 1 saturated heterocycles. The molecule has 0 bridgehead atoms. The van der Waals surface area contributed by atoms with Crippen LogP contribution in [0.5, 0.6) is 0 Å². The highest BCUT2D eigenvalue weighted by Crippen LogP contribution is 2.29. The third-order valence-electron chi connectivity index (χ3n) is 5.85. The Morgan fingerprint density at radius 1 is 1.25 bits per heavy atom. The van der Waals surface area contributed by atoms with E-state index in [1.54, 1.807) is 10.8 Å². The Balaban J connectivity index is 1.32. The zero-order valence-electron chi connectivity index (χ0n) is 18.0. The van der Waals surface area contributed by atoms with Crippen LogP contribution in [0.15, 0.2) is 59.2 Å². The van der Waals surface area contributed by atoms with Gasteiger partial charge in [-0.3, -0.25) is 9.69 Å². The van der Waals surface area contributed by atoms with Crippen molar-refractivity contribution in [1.29, 1.82) is 0 Å². The van der Waals surface area contributed by atoms with Gasteiger partial charge in [-0.2, -0.15) is 9.61 Å². The molecule has 1 unspecified atom stereocenters. The number of hydrogen-bond donors (Lipinski definition) is 2. The minimum atomic E-state index is -0.0603. The minimum Gasteiger partial charge on any atom is -0.463 e. The highest BCUT2D eigenvalue weighted by Gasteiger charge is 2.24. The van der Waals surface area contributed by atoms with Crippen LogP contribution in [-0.2, 0) is 11.3 Å². The Kier molecular flexibility index (Phi) is 5.36. The maximum atomic E-state index is 11.2. The van der Waals surface area contributed by atoms with Crippen molar-refractivity contribution in [2.75, 3.05) is 24.1 Å². The quantitative estimate of drug-likeness (QED) is 0.498. The van der Waals surface area contributed by atoms with E-state index in [-0.39, 0.29) is 5.91 Å². The molecule has 3 N–H and O–H groups in total. The van der Waals surface area contributed by atoms with Crippen molar-refractivity contribution in [3.63, 3.8) is 0 Å². The van der Waals surface area contributed by atoms with Crippen LogP contribution in [0.25, 0.3) is 17.1 Å². The number of anilines is 2. The molecule has 1 fully saturated rings. The number of nitrogens with one attached hydrogen (secondary N) is 1. The molecule has 5 rings (SSSR count). The number of hydrogen-bond acceptors (Lipinski definition) is 6. The fourth-order valence-corrected chi connectivity index (χ4v) is 4.37. The van der Waals surface area contributed by atoms with Crippen molar-refractivity contribution >= 4 is 23.1 Å². The predicted molar refractivity (Wildman–Crippen MR) is 123 cm³/mol. The number of carbonyl (C=O) groups excluding carboxylic acids is 1. The summed E-state index contributed by atoms with van der Waals surface area (Å²) in [5.41, 5.74) is 10.8. The molecule has 0 saturated carbocycles. The average molecular weight is 431 g/mol. The summed E-state index contributed by atoms with van der Waals surface area (Å²) in [5, 5.41) is 7.34. The van der Waals surface area contributed by atoms with E-state index in [0.717, 1.165) is 55.2 Å². The summed E-state index contributed by atoms with van der Waals surface area (Å²) in [4.78, 5) is 18.5. The molecular formula is C24H26N6O2. The summed E-state index contributed by atoms with van der Waals surface area (Å²) in [6, 6.07) is 15.6. The van der Waals surface area contributed by atoms with E-state index < -0.39 is 0 Å². The Bertz CT molecular complexity index is 1230. The first-order valence-corrected chi connectivity index (χ1v) is 10.8. The minimum absolute atomic E-state index is 0.0603. The van der Waals surface area contributed by atoms with Crippen molar-refractivity contribution in [2.45, 2.75) is 32.2 Å². The van der Waals surface area contributed by atoms with Crippen LogP contribution in [0.3, 0.4) is 0 Å². The van der Waals surface area contributed by atoms with Crippen molar-refractivity contribution in [3.05, 3.63) is 66.1 Å². The normalized spacial score (nSPS) is 17.0. The predicted octanol–water partition coefficient (Wildman–Crippen LogP) is 3.91. The molecule has 164 valence electrons. The number of nitrogens with zero attached hydrogens (tertiary/aromatic N) is 4. The molecule has 0 radical (unpaired) electrons. The second kappa shape index (κ2) is 8.47. The standard InChI is InChI=1S/C24H26N6O2/c1-16(31)26-19-8-6-17(7-9-19)14-29-10-2-4-18(15-29)20-12-23(25)30-24(27-20)13-21(28-30)22-5-3-11-32-22/h3,5-9,11-13,18H,2,4,10,14-15,25H2,1H3,(H,26,31). The fourth-order valence-electron chi connectivity index (χ4n) is 4.37. The lowest BCUT2D eigenvalue weighted by atomic mass is 9.94. The average Bonchev–Trinajstić information content (AvgIpc) is 3.45. The first-order valence-electron chi connectivity index (χ1n) is 10.8. The largest absolute Gasteiger partial charge is 0.463 e. The Hall–Kier alpha value is -3.65. The van der Waals surface area contributed by atoms with Gasteiger partial charge < -0.3 is 15.5 Å². The molecule has 1 amide bonds. The van der Waals surface area contributed by atoms with Gasteiger partial charge in [0.1, 0.15) is 11.5 Å². The molecule has 4 heterocycles. The number of carbonyl (C=O) groups is 1. The molecule has 1 aromatic carbocycles. The maximum Gasteiger partial charge on any atom is 0.221 e. The van der Waals surface area contributed by atoms with Gasteiger partial charge in [0.2, 0.25) is 5.91 Å². The summed E-state index contributed by atoms with van der Waals surface area (Å²) in [6.45, 7) is 4.36. The number of likely N-dealkylation sites (tertiary alicyclic amines) is 1. The number of aromatic nitrogens is 3. The van der Waals surface area contributed by atoms with Crippen molar-refractivity contribution in [2.24, 2.45) is 0 Å². The molecule has 4 aromatic rings. The number of amides is 1. The zero-order valence-corrected chi connectivity index (χ0v) is 18.0. The van der Waals surface area contributed by atoms with E-state index in [4.69, 9.17) is 15.1 Å². The van der Waals surface area contributed by atoms with E-state index in [1.807, 2.05) is 36.4 Å². The van der Waals surface area contributed by atoms with Crippen LogP contribution in [0.4, 0.5) is 11.5 Å². The molecule has 8 nitrogen and oxygen atoms in total. The molecule has 1 atom stereocenters. The number of nitrogens with two attached hydrogens (primary N) is 1. The number of rotatable bonds is 5. The Labute approximate surface area is 186 Å². The molecule has 1 aliphatic rings. The molecule has 8 heteroatoms. The fraction of sp³-hybridized carbons (Fsp3) is 0.292. The summed E-state index contributed by atoms with van der Waals surface area (Å²) < 4.78 is 7.13. The molecule has 0 aliphatic carbocycles. The molecule has 32 heavy (non-hydrogen) atoms. The lowest BCUT2D eigenvalue weighted by molar-refractivity contribution is -0.114. The number of benzene rings is 1. The van der Waals surface area contributed by atoms with E-state index in [2.05, 4.69) is 27.4 Å². The van der Waals surface area contributed by atoms with Crippen LogP contribution in [0, 0.1) is 0 Å². The Morgan fingerprint density at radius 3 is 2.84 bits per heavy atom. The highest BCUT2D eigenvalue weighted by atomic mass is 16.3. The van der Waals surface area contributed by atoms with Gasteiger partial charge in [0.05, 0.1) is 12.0 Å². The maximum absolute atomic E-state index is 11.2. The van der Waals surface area contributed by atoms with Crippen LogP contribution < -0.4 is 11.1 Å². The lowest BCUT2D eigenvalue weighted by Gasteiger charge is -2.32. The topological polar surface area (TPSA) is 102 Å². The third kappa shape index (κ3) is 4.22. The molecular weight excluding hydrogens is 404 g/mol. The van der Waals surface area contributed by atoms with E-state index in [9.17, 15) is 4.79 Å². The summed E-state index contributed by atoms with van der Waals surface area (Å²) in [7, 11) is 0. The smallest absolute Gasteiger partial charge is 0.221 e. The SMILES string of the molecule is CC(=O)Nc1ccc(CN2CCCC(c3cc(N)n4nc(-c5ccco5)cc4n3)C2)cc1. The van der Waals surface area contributed by atoms with Crippen molar-refractivity contribution < 1.29 is 9.21 Å². The number of piperidine rings is 1. The van der Waals surface area contributed by atoms with Gasteiger partial charge in [0.25, 0.3) is 0 Å². The zero-order chi connectivity index (χ0) is 22.1. The third-order valence-corrected chi connectivity index (χ3v) is 5.85. The lowest BCUT2D eigenvalue weighted by Crippen LogP contribution is -2.34. The van der Waals surface area contributed by atoms with E-state index in [0.29, 0.717) is 17.5 Å². The molecule has 3 aromatic heterocycles. The van der Waals surface area contributed by atoms with Gasteiger partial charge in [-0.15, -0.1) is 0 Å². The van der Waals surface area contributed by atoms with Gasteiger partial charge in [-0.25, -0.2) is 4.98 Å². The first kappa shape index (κ1) is 20.3. The van der Waals surface area contributed by atoms with Gasteiger partial charge in [-0.05, 0) is 49.2 Å². The number of fused-ring (bicyclic) bond motifs is 1. The van der Waals surface area contributed by atoms with Gasteiger partial charge >= 0.3 is 0 Å². The van der Waals surface area contributed by atoms with Crippen molar-refractivity contribution in [3.8, 4) is 11.5 Å². The van der Waals surface area contributed by atoms with Crippen LogP contribution in [0.2, 0.25) is 0 Å². The number of furan rings is 1. The van der Waals surface area contributed by atoms with Gasteiger partial charge in [0.15, 0.2) is 11.4 Å². The van der Waals surface area contributed by atoms with Crippen LogP contribution in [-0.4, -0.2) is 38.5 Å². The second-order valence-electron chi connectivity index (χ2n) is 8.34. The second-order valence-corrected chi connectivity index (χ2v) is 8.34. The summed E-state index contributed by atoms with van der Waals surface area (Å²) >= 11 is 0. The van der Waals surface area contributed by atoms with Gasteiger partial charge in [-0.1, -0.05) is 12.1 Å². The monoisotopic (exact) mass is 430 g/mol. The summed E-state index contributed by atoms with van der Waals surface area (Å²) in [6.07, 6.45) is 3.82. The Morgan fingerprint density at radius 2 is 2.09 bits per heavy atom. The van der Waals surface area contributed by atoms with Crippen LogP contribution >= 0.6 is 0 Å². The number of nitrogen functional groups attached to an aromatic ring is 1. The highest BCUT2D eigenvalue weighted by molar-refractivity contribution is 5.88. The summed E-state index contributed by atoms with van der Waals surface area (Å²) in [5.74, 6) is 1.53. The van der Waals surface area contributed by atoms with Gasteiger partial charge in [0, 0.05) is 43.8 Å². The van der Waals surface area contributed by atoms with E-state index in [1.165, 1.54) is 12.5 Å². The van der Waals surface area contributed by atoms with Crippen LogP contribution in [0.1, 0.15) is 36.9 Å². The van der Waals surface area contributed by atoms with Crippen molar-refractivity contribution in [1.82, 2.24) is 19.5 Å². The first-order chi connectivity index (χ1) is 15.5.